The van der Waals surface area contributed by atoms with E-state index in [-0.39, 0.29) is 11.8 Å². The lowest BCUT2D eigenvalue weighted by molar-refractivity contribution is -0.127. The third-order valence-electron chi connectivity index (χ3n) is 4.28. The molecule has 27 heavy (non-hydrogen) atoms. The van der Waals surface area contributed by atoms with Gasteiger partial charge in [-0.05, 0) is 38.3 Å². The molecule has 0 saturated carbocycles. The summed E-state index contributed by atoms with van der Waals surface area (Å²) in [6.45, 7) is 5.02. The van der Waals surface area contributed by atoms with E-state index in [1.54, 1.807) is 6.92 Å². The SMILES string of the molecule is CC(=O)NNC(=O)[C@H](C)Sc1nnc(N2CCCCC2)n1-c1ccccc1. The van der Waals surface area contributed by atoms with E-state index in [4.69, 9.17) is 0 Å². The van der Waals surface area contributed by atoms with Gasteiger partial charge in [-0.3, -0.25) is 25.0 Å². The van der Waals surface area contributed by atoms with Crippen molar-refractivity contribution in [2.45, 2.75) is 43.5 Å². The number of carbonyl (C=O) groups is 2. The molecule has 2 aromatic rings. The van der Waals surface area contributed by atoms with Crippen LogP contribution in [0.3, 0.4) is 0 Å². The first-order valence-electron chi connectivity index (χ1n) is 9.05. The maximum Gasteiger partial charge on any atom is 0.251 e. The van der Waals surface area contributed by atoms with Crippen molar-refractivity contribution in [3.63, 3.8) is 0 Å². The minimum absolute atomic E-state index is 0.294. The summed E-state index contributed by atoms with van der Waals surface area (Å²) in [5.74, 6) is 0.190. The van der Waals surface area contributed by atoms with E-state index in [9.17, 15) is 9.59 Å². The summed E-state index contributed by atoms with van der Waals surface area (Å²) in [7, 11) is 0. The van der Waals surface area contributed by atoms with Crippen molar-refractivity contribution < 1.29 is 9.59 Å². The highest BCUT2D eigenvalue weighted by molar-refractivity contribution is 8.00. The highest BCUT2D eigenvalue weighted by Gasteiger charge is 2.24. The predicted octanol–water partition coefficient (Wildman–Crippen LogP) is 1.91. The van der Waals surface area contributed by atoms with E-state index in [0.29, 0.717) is 5.16 Å². The third kappa shape index (κ3) is 4.79. The van der Waals surface area contributed by atoms with Crippen molar-refractivity contribution in [2.24, 2.45) is 0 Å². The Morgan fingerprint density at radius 3 is 2.44 bits per heavy atom. The molecule has 9 heteroatoms. The van der Waals surface area contributed by atoms with Crippen LogP contribution in [0.4, 0.5) is 5.95 Å². The van der Waals surface area contributed by atoms with Gasteiger partial charge < -0.3 is 4.90 Å². The van der Waals surface area contributed by atoms with Crippen LogP contribution in [0, 0.1) is 0 Å². The molecular weight excluding hydrogens is 364 g/mol. The predicted molar refractivity (Wildman–Crippen MR) is 105 cm³/mol. The van der Waals surface area contributed by atoms with E-state index < -0.39 is 5.25 Å². The Hall–Kier alpha value is -2.55. The Bertz CT molecular complexity index is 788. The number of carbonyl (C=O) groups excluding carboxylic acids is 2. The number of piperidine rings is 1. The standard InChI is InChI=1S/C18H24N6O2S/c1-13(16(26)20-19-14(2)25)27-18-22-21-17(23-11-7-4-8-12-23)24(18)15-9-5-3-6-10-15/h3,5-6,9-10,13H,4,7-8,11-12H2,1-2H3,(H,19,25)(H,20,26)/t13-/m0/s1. The van der Waals surface area contributed by atoms with Gasteiger partial charge in [0.05, 0.1) is 10.9 Å². The van der Waals surface area contributed by atoms with Gasteiger partial charge in [0.1, 0.15) is 0 Å². The second kappa shape index (κ2) is 8.90. The maximum atomic E-state index is 12.2. The number of benzene rings is 1. The van der Waals surface area contributed by atoms with E-state index in [1.165, 1.54) is 25.1 Å². The fourth-order valence-corrected chi connectivity index (χ4v) is 3.77. The van der Waals surface area contributed by atoms with Gasteiger partial charge in [-0.2, -0.15) is 0 Å². The molecule has 1 fully saturated rings. The zero-order chi connectivity index (χ0) is 19.2. The quantitative estimate of drug-likeness (QED) is 0.600. The first kappa shape index (κ1) is 19.2. The number of para-hydroxylation sites is 1. The van der Waals surface area contributed by atoms with Crippen LogP contribution < -0.4 is 15.8 Å². The molecule has 0 aliphatic carbocycles. The van der Waals surface area contributed by atoms with Crippen LogP contribution in [-0.4, -0.2) is 44.9 Å². The van der Waals surface area contributed by atoms with Gasteiger partial charge in [0.15, 0.2) is 5.16 Å². The van der Waals surface area contributed by atoms with Crippen molar-refractivity contribution in [3.8, 4) is 5.69 Å². The van der Waals surface area contributed by atoms with Crippen LogP contribution in [-0.2, 0) is 9.59 Å². The number of nitrogens with one attached hydrogen (secondary N) is 2. The molecule has 1 atom stereocenters. The van der Waals surface area contributed by atoms with E-state index >= 15 is 0 Å². The van der Waals surface area contributed by atoms with Gasteiger partial charge in [0.25, 0.3) is 5.91 Å². The largest absolute Gasteiger partial charge is 0.341 e. The molecule has 0 spiro atoms. The van der Waals surface area contributed by atoms with E-state index in [1.807, 2.05) is 34.9 Å². The van der Waals surface area contributed by atoms with Gasteiger partial charge in [-0.1, -0.05) is 30.0 Å². The molecule has 2 N–H and O–H groups in total. The molecule has 2 heterocycles. The topological polar surface area (TPSA) is 92.2 Å². The molecular formula is C18H24N6O2S. The molecule has 1 aliphatic heterocycles. The van der Waals surface area contributed by atoms with E-state index in [2.05, 4.69) is 25.9 Å². The number of hydrogen-bond acceptors (Lipinski definition) is 6. The van der Waals surface area contributed by atoms with Crippen LogP contribution in [0.15, 0.2) is 35.5 Å². The molecule has 144 valence electrons. The summed E-state index contributed by atoms with van der Waals surface area (Å²) < 4.78 is 2.00. The first-order valence-corrected chi connectivity index (χ1v) is 9.93. The van der Waals surface area contributed by atoms with E-state index in [0.717, 1.165) is 37.6 Å². The number of anilines is 1. The van der Waals surface area contributed by atoms with Crippen molar-refractivity contribution >= 4 is 29.5 Å². The summed E-state index contributed by atoms with van der Waals surface area (Å²) in [5.41, 5.74) is 5.68. The summed E-state index contributed by atoms with van der Waals surface area (Å²) in [6, 6.07) is 9.91. The number of amides is 2. The number of aromatic nitrogens is 3. The van der Waals surface area contributed by atoms with Crippen molar-refractivity contribution in [1.82, 2.24) is 25.6 Å². The van der Waals surface area contributed by atoms with Gasteiger partial charge in [0.2, 0.25) is 11.9 Å². The van der Waals surface area contributed by atoms with Crippen LogP contribution in [0.1, 0.15) is 33.1 Å². The number of thioether (sulfide) groups is 1. The molecule has 1 aromatic heterocycles. The molecule has 1 aliphatic rings. The average molecular weight is 388 g/mol. The van der Waals surface area contributed by atoms with Gasteiger partial charge in [-0.15, -0.1) is 10.2 Å². The molecule has 8 nitrogen and oxygen atoms in total. The second-order valence-corrected chi connectivity index (χ2v) is 7.74. The van der Waals surface area contributed by atoms with Crippen molar-refractivity contribution in [3.05, 3.63) is 30.3 Å². The zero-order valence-corrected chi connectivity index (χ0v) is 16.3. The normalized spacial score (nSPS) is 15.3. The lowest BCUT2D eigenvalue weighted by Crippen LogP contribution is -2.43. The van der Waals surface area contributed by atoms with Crippen molar-refractivity contribution in [2.75, 3.05) is 18.0 Å². The Morgan fingerprint density at radius 1 is 1.07 bits per heavy atom. The van der Waals surface area contributed by atoms with Crippen molar-refractivity contribution in [1.29, 1.82) is 0 Å². The summed E-state index contributed by atoms with van der Waals surface area (Å²) in [6.07, 6.45) is 3.51. The lowest BCUT2D eigenvalue weighted by Gasteiger charge is -2.28. The minimum atomic E-state index is -0.447. The number of hydrogen-bond donors (Lipinski definition) is 2. The van der Waals surface area contributed by atoms with Crippen LogP contribution in [0.5, 0.6) is 0 Å². The maximum absolute atomic E-state index is 12.2. The van der Waals surface area contributed by atoms with Crippen LogP contribution in [0.25, 0.3) is 5.69 Å². The molecule has 0 bridgehead atoms. The Kier molecular flexibility index (Phi) is 6.33. The van der Waals surface area contributed by atoms with Crippen LogP contribution in [0.2, 0.25) is 0 Å². The zero-order valence-electron chi connectivity index (χ0n) is 15.5. The Morgan fingerprint density at radius 2 is 1.78 bits per heavy atom. The van der Waals surface area contributed by atoms with Gasteiger partial charge >= 0.3 is 0 Å². The smallest absolute Gasteiger partial charge is 0.251 e. The first-order chi connectivity index (χ1) is 13.1. The van der Waals surface area contributed by atoms with Gasteiger partial charge in [0, 0.05) is 20.0 Å². The molecule has 1 saturated heterocycles. The molecule has 0 radical (unpaired) electrons. The molecule has 1 aromatic carbocycles. The highest BCUT2D eigenvalue weighted by Crippen LogP contribution is 2.30. The van der Waals surface area contributed by atoms with Crippen LogP contribution >= 0.6 is 11.8 Å². The number of rotatable bonds is 5. The average Bonchev–Trinajstić information content (AvgIpc) is 3.10. The summed E-state index contributed by atoms with van der Waals surface area (Å²) in [4.78, 5) is 25.4. The Balaban J connectivity index is 1.85. The number of nitrogens with zero attached hydrogens (tertiary/aromatic N) is 4. The summed E-state index contributed by atoms with van der Waals surface area (Å²) >= 11 is 1.31. The lowest BCUT2D eigenvalue weighted by atomic mass is 10.1. The minimum Gasteiger partial charge on any atom is -0.341 e. The fourth-order valence-electron chi connectivity index (χ4n) is 2.90. The molecule has 3 rings (SSSR count). The highest BCUT2D eigenvalue weighted by atomic mass is 32.2. The number of hydrazine groups is 1. The monoisotopic (exact) mass is 388 g/mol. The molecule has 0 unspecified atom stereocenters. The fraction of sp³-hybridized carbons (Fsp3) is 0.444. The third-order valence-corrected chi connectivity index (χ3v) is 5.33. The molecule has 2 amide bonds. The second-order valence-electron chi connectivity index (χ2n) is 6.43. The summed E-state index contributed by atoms with van der Waals surface area (Å²) in [5, 5.41) is 8.97. The van der Waals surface area contributed by atoms with Gasteiger partial charge in [-0.25, -0.2) is 0 Å². The Labute approximate surface area is 162 Å².